The van der Waals surface area contributed by atoms with Crippen molar-refractivity contribution in [3.63, 3.8) is 0 Å². The number of anilines is 1. The molecule has 0 fully saturated rings. The maximum atomic E-state index is 13.2. The third kappa shape index (κ3) is 5.12. The van der Waals surface area contributed by atoms with Gasteiger partial charge in [-0.25, -0.2) is 14.6 Å². The molecule has 35 heavy (non-hydrogen) atoms. The average molecular weight is 525 g/mol. The van der Waals surface area contributed by atoms with Crippen LogP contribution in [0.2, 0.25) is 10.0 Å². The number of aromatic nitrogens is 4. The number of alkyl halides is 3. The highest BCUT2D eigenvalue weighted by atomic mass is 35.5. The number of carbonyl (C=O) groups excluding carboxylic acids is 2. The maximum absolute atomic E-state index is 13.2. The van der Waals surface area contributed by atoms with Gasteiger partial charge in [0.1, 0.15) is 5.69 Å². The first kappa shape index (κ1) is 24.2. The number of hydrogen-bond donors (Lipinski definition) is 2. The summed E-state index contributed by atoms with van der Waals surface area (Å²) < 4.78 is 43.5. The molecule has 4 aromatic rings. The fraction of sp³-hybridized carbons (Fsp3) is 0.0952. The number of fused-ring (bicyclic) bond motifs is 1. The van der Waals surface area contributed by atoms with Crippen LogP contribution in [-0.2, 0) is 0 Å². The van der Waals surface area contributed by atoms with Gasteiger partial charge in [-0.2, -0.15) is 13.2 Å². The summed E-state index contributed by atoms with van der Waals surface area (Å²) >= 11 is 12.6. The summed E-state index contributed by atoms with van der Waals surface area (Å²) in [7, 11) is 0. The molecule has 0 aliphatic rings. The van der Waals surface area contributed by atoms with Crippen LogP contribution in [0.3, 0.4) is 0 Å². The van der Waals surface area contributed by atoms with Crippen LogP contribution in [0.25, 0.3) is 16.7 Å². The fourth-order valence-electron chi connectivity index (χ4n) is 3.08. The summed E-state index contributed by atoms with van der Waals surface area (Å²) in [5, 5.41) is 6.78. The van der Waals surface area contributed by atoms with Crippen LogP contribution in [0.15, 0.2) is 48.7 Å². The third-order valence-electron chi connectivity index (χ3n) is 4.54. The molecule has 4 rings (SSSR count). The molecule has 1 aromatic carbocycles. The van der Waals surface area contributed by atoms with Gasteiger partial charge < -0.3 is 15.8 Å². The van der Waals surface area contributed by atoms with E-state index in [-0.39, 0.29) is 32.9 Å². The minimum atomic E-state index is -4.64. The number of carbonyl (C=O) groups is 2. The predicted octanol–water partition coefficient (Wildman–Crippen LogP) is 4.41. The van der Waals surface area contributed by atoms with E-state index in [4.69, 9.17) is 28.9 Å². The van der Waals surface area contributed by atoms with Crippen molar-refractivity contribution < 1.29 is 27.5 Å². The molecule has 0 radical (unpaired) electrons. The molecule has 0 unspecified atom stereocenters. The summed E-state index contributed by atoms with van der Waals surface area (Å²) in [5.41, 5.74) is 4.96. The number of pyridine rings is 2. The molecule has 0 spiro atoms. The quantitative estimate of drug-likeness (QED) is 0.384. The van der Waals surface area contributed by atoms with Gasteiger partial charge in [0.05, 0.1) is 21.2 Å². The number of nitrogens with one attached hydrogen (secondary N) is 1. The van der Waals surface area contributed by atoms with Gasteiger partial charge in [-0.05, 0) is 18.2 Å². The molecule has 180 valence electrons. The minimum absolute atomic E-state index is 0.0202. The van der Waals surface area contributed by atoms with Crippen molar-refractivity contribution in [3.8, 4) is 11.7 Å². The zero-order valence-electron chi connectivity index (χ0n) is 17.3. The zero-order chi connectivity index (χ0) is 25.3. The highest BCUT2D eigenvalue weighted by molar-refractivity contribution is 6.39. The van der Waals surface area contributed by atoms with Gasteiger partial charge in [0.2, 0.25) is 5.88 Å². The van der Waals surface area contributed by atoms with E-state index in [2.05, 4.69) is 25.1 Å². The molecule has 0 aliphatic heterocycles. The summed E-state index contributed by atoms with van der Waals surface area (Å²) in [6.45, 7) is -1.65. The van der Waals surface area contributed by atoms with E-state index in [0.717, 1.165) is 10.7 Å². The molecule has 2 amide bonds. The zero-order valence-corrected chi connectivity index (χ0v) is 18.8. The number of ether oxygens (including phenoxy) is 1. The average Bonchev–Trinajstić information content (AvgIpc) is 3.23. The van der Waals surface area contributed by atoms with E-state index in [1.54, 1.807) is 24.3 Å². The van der Waals surface area contributed by atoms with Crippen molar-refractivity contribution in [3.05, 3.63) is 70.1 Å². The van der Waals surface area contributed by atoms with Crippen LogP contribution in [0.4, 0.5) is 18.9 Å². The van der Waals surface area contributed by atoms with E-state index < -0.39 is 30.5 Å². The first-order valence-corrected chi connectivity index (χ1v) is 10.4. The Bertz CT molecular complexity index is 1460. The molecule has 9 nitrogen and oxygen atoms in total. The van der Waals surface area contributed by atoms with Crippen molar-refractivity contribution in [1.29, 1.82) is 0 Å². The number of nitrogens with zero attached hydrogens (tertiary/aromatic N) is 4. The van der Waals surface area contributed by atoms with Crippen molar-refractivity contribution in [1.82, 2.24) is 19.7 Å². The predicted molar refractivity (Wildman–Crippen MR) is 121 cm³/mol. The van der Waals surface area contributed by atoms with Crippen molar-refractivity contribution in [2.75, 3.05) is 11.9 Å². The van der Waals surface area contributed by atoms with Crippen LogP contribution in [-0.4, -0.2) is 44.3 Å². The van der Waals surface area contributed by atoms with Crippen molar-refractivity contribution in [2.24, 2.45) is 5.73 Å². The number of benzene rings is 1. The summed E-state index contributed by atoms with van der Waals surface area (Å²) in [6.07, 6.45) is -3.30. The highest BCUT2D eigenvalue weighted by Crippen LogP contribution is 2.33. The van der Waals surface area contributed by atoms with Crippen LogP contribution in [0.5, 0.6) is 5.88 Å². The fourth-order valence-corrected chi connectivity index (χ4v) is 3.58. The lowest BCUT2D eigenvalue weighted by Crippen LogP contribution is -2.22. The molecular weight excluding hydrogens is 512 g/mol. The standard InChI is InChI=1S/C21H13Cl2F3N6O3/c22-11-5-3-7-28-19(11)32-13(8-14(31-32)35-9-21(24,25)26)20(34)30-16-15(23)10-4-1-2-6-12(10)29-17(16)18(27)33/h1-8H,9H2,(H2,27,33)(H,30,34). The normalized spacial score (nSPS) is 11.5. The summed E-state index contributed by atoms with van der Waals surface area (Å²) in [4.78, 5) is 33.5. The van der Waals surface area contributed by atoms with Gasteiger partial charge in [-0.1, -0.05) is 41.4 Å². The van der Waals surface area contributed by atoms with E-state index in [1.807, 2.05) is 0 Å². The summed E-state index contributed by atoms with van der Waals surface area (Å²) in [6, 6.07) is 10.5. The third-order valence-corrected chi connectivity index (χ3v) is 5.23. The lowest BCUT2D eigenvalue weighted by molar-refractivity contribution is -0.154. The topological polar surface area (TPSA) is 125 Å². The van der Waals surface area contributed by atoms with Gasteiger partial charge in [-0.3, -0.25) is 9.59 Å². The van der Waals surface area contributed by atoms with Crippen molar-refractivity contribution in [2.45, 2.75) is 6.18 Å². The number of hydrogen-bond acceptors (Lipinski definition) is 6. The Balaban J connectivity index is 1.79. The van der Waals surface area contributed by atoms with Gasteiger partial charge in [0.15, 0.2) is 18.1 Å². The number of nitrogens with two attached hydrogens (primary N) is 1. The Morgan fingerprint density at radius 2 is 1.89 bits per heavy atom. The molecule has 0 aliphatic carbocycles. The van der Waals surface area contributed by atoms with Crippen LogP contribution >= 0.6 is 23.2 Å². The second kappa shape index (κ2) is 9.39. The first-order valence-electron chi connectivity index (χ1n) is 9.65. The van der Waals surface area contributed by atoms with Crippen molar-refractivity contribution >= 4 is 51.6 Å². The molecule has 14 heteroatoms. The van der Waals surface area contributed by atoms with E-state index in [9.17, 15) is 22.8 Å². The van der Waals surface area contributed by atoms with E-state index in [0.29, 0.717) is 10.9 Å². The SMILES string of the molecule is NC(=O)c1nc2ccccc2c(Cl)c1NC(=O)c1cc(OCC(F)(F)F)nn1-c1ncccc1Cl. The first-order chi connectivity index (χ1) is 16.5. The van der Waals surface area contributed by atoms with E-state index >= 15 is 0 Å². The number of amides is 2. The largest absolute Gasteiger partial charge is 0.467 e. The Morgan fingerprint density at radius 1 is 1.14 bits per heavy atom. The lowest BCUT2D eigenvalue weighted by Gasteiger charge is -2.13. The van der Waals surface area contributed by atoms with E-state index in [1.165, 1.54) is 18.3 Å². The Morgan fingerprint density at radius 3 is 2.57 bits per heavy atom. The molecule has 3 aromatic heterocycles. The monoisotopic (exact) mass is 524 g/mol. The molecule has 0 bridgehead atoms. The Hall–Kier alpha value is -3.90. The van der Waals surface area contributed by atoms with Crippen LogP contribution < -0.4 is 15.8 Å². The smallest absolute Gasteiger partial charge is 0.422 e. The Kier molecular flexibility index (Phi) is 6.50. The van der Waals surface area contributed by atoms with Crippen LogP contribution in [0, 0.1) is 0 Å². The molecule has 3 heterocycles. The molecule has 0 saturated carbocycles. The van der Waals surface area contributed by atoms with Gasteiger partial charge >= 0.3 is 6.18 Å². The minimum Gasteiger partial charge on any atom is -0.467 e. The molecule has 3 N–H and O–H groups in total. The molecular formula is C21H13Cl2F3N6O3. The number of rotatable bonds is 6. The number of halogens is 5. The second-order valence-electron chi connectivity index (χ2n) is 6.98. The second-order valence-corrected chi connectivity index (χ2v) is 7.76. The lowest BCUT2D eigenvalue weighted by atomic mass is 10.1. The van der Waals surface area contributed by atoms with Gasteiger partial charge in [0.25, 0.3) is 11.8 Å². The molecule has 0 saturated heterocycles. The van der Waals surface area contributed by atoms with Gasteiger partial charge in [-0.15, -0.1) is 5.10 Å². The Labute approximate surface area is 204 Å². The summed E-state index contributed by atoms with van der Waals surface area (Å²) in [5.74, 6) is -2.47. The highest BCUT2D eigenvalue weighted by Gasteiger charge is 2.30. The van der Waals surface area contributed by atoms with Gasteiger partial charge in [0, 0.05) is 17.6 Å². The van der Waals surface area contributed by atoms with Crippen LogP contribution in [0.1, 0.15) is 21.0 Å². The number of para-hydroxylation sites is 1. The maximum Gasteiger partial charge on any atom is 0.422 e. The number of primary amides is 1. The molecule has 0 atom stereocenters.